The third kappa shape index (κ3) is 1.81. The van der Waals surface area contributed by atoms with Gasteiger partial charge in [-0.2, -0.15) is 5.26 Å². The maximum Gasteiger partial charge on any atom is 0.114 e. The van der Waals surface area contributed by atoms with Gasteiger partial charge in [0.2, 0.25) is 0 Å². The highest BCUT2D eigenvalue weighted by Gasteiger charge is 2.03. The molecule has 0 spiro atoms. The fraction of sp³-hybridized carbons (Fsp3) is 0. The first-order chi connectivity index (χ1) is 7.72. The molecule has 0 saturated carbocycles. The van der Waals surface area contributed by atoms with Gasteiger partial charge in [0, 0.05) is 22.7 Å². The van der Waals surface area contributed by atoms with Crippen LogP contribution < -0.4 is 5.73 Å². The molecule has 1 heterocycles. The van der Waals surface area contributed by atoms with Crippen molar-refractivity contribution in [2.75, 3.05) is 0 Å². The van der Waals surface area contributed by atoms with Crippen molar-refractivity contribution in [3.63, 3.8) is 0 Å². The van der Waals surface area contributed by atoms with E-state index in [1.54, 1.807) is 6.08 Å². The summed E-state index contributed by atoms with van der Waals surface area (Å²) >= 11 is 4.79. The number of benzene rings is 1. The maximum absolute atomic E-state index is 8.87. The molecule has 0 saturated heterocycles. The minimum atomic E-state index is 0.118. The van der Waals surface area contributed by atoms with Gasteiger partial charge in [-0.1, -0.05) is 30.4 Å². The molecule has 0 radical (unpaired) electrons. The lowest BCUT2D eigenvalue weighted by atomic mass is 10.1. The van der Waals surface area contributed by atoms with Gasteiger partial charge in [0.25, 0.3) is 0 Å². The summed E-state index contributed by atoms with van der Waals surface area (Å²) in [5.41, 5.74) is 7.70. The number of nitrogens with zero attached hydrogens (tertiary/aromatic N) is 1. The lowest BCUT2D eigenvalue weighted by Crippen LogP contribution is -2.09. The van der Waals surface area contributed by atoms with Crippen molar-refractivity contribution in [3.05, 3.63) is 41.6 Å². The van der Waals surface area contributed by atoms with Crippen molar-refractivity contribution in [2.24, 2.45) is 5.73 Å². The number of thiocarbonyl (C=S) groups is 1. The molecule has 0 atom stereocenters. The van der Waals surface area contributed by atoms with Gasteiger partial charge in [0.05, 0.1) is 5.57 Å². The number of rotatable bonds is 2. The van der Waals surface area contributed by atoms with E-state index in [4.69, 9.17) is 23.2 Å². The van der Waals surface area contributed by atoms with Crippen LogP contribution in [0.3, 0.4) is 0 Å². The van der Waals surface area contributed by atoms with E-state index in [2.05, 4.69) is 4.98 Å². The summed E-state index contributed by atoms with van der Waals surface area (Å²) in [7, 11) is 0. The SMILES string of the molecule is N#C/C(=C\c1c[nH]c2ccccc12)C(N)=S. The molecule has 0 fully saturated rings. The number of fused-ring (bicyclic) bond motifs is 1. The summed E-state index contributed by atoms with van der Waals surface area (Å²) in [4.78, 5) is 3.24. The van der Waals surface area contributed by atoms with Crippen LogP contribution in [0.4, 0.5) is 0 Å². The molecular formula is C12H9N3S. The van der Waals surface area contributed by atoms with E-state index in [0.29, 0.717) is 5.57 Å². The van der Waals surface area contributed by atoms with Gasteiger partial charge in [-0.25, -0.2) is 0 Å². The summed E-state index contributed by atoms with van der Waals surface area (Å²) in [6, 6.07) is 9.83. The second kappa shape index (κ2) is 4.17. The van der Waals surface area contributed by atoms with Crippen LogP contribution in [-0.4, -0.2) is 9.97 Å². The van der Waals surface area contributed by atoms with Gasteiger partial charge in [-0.05, 0) is 12.1 Å². The summed E-state index contributed by atoms with van der Waals surface area (Å²) in [5, 5.41) is 9.92. The Morgan fingerprint density at radius 1 is 1.44 bits per heavy atom. The fourth-order valence-electron chi connectivity index (χ4n) is 1.53. The Hall–Kier alpha value is -2.12. The number of nitriles is 1. The second-order valence-corrected chi connectivity index (χ2v) is 3.76. The van der Waals surface area contributed by atoms with E-state index in [1.165, 1.54) is 0 Å². The van der Waals surface area contributed by atoms with E-state index >= 15 is 0 Å². The van der Waals surface area contributed by atoms with Gasteiger partial charge in [0.15, 0.2) is 0 Å². The summed E-state index contributed by atoms with van der Waals surface area (Å²) < 4.78 is 0. The van der Waals surface area contributed by atoms with Crippen LogP contribution in [0.15, 0.2) is 36.0 Å². The zero-order valence-electron chi connectivity index (χ0n) is 8.40. The molecule has 2 aromatic rings. The number of aromatic nitrogens is 1. The Morgan fingerprint density at radius 2 is 2.19 bits per heavy atom. The van der Waals surface area contributed by atoms with Gasteiger partial charge in [-0.15, -0.1) is 0 Å². The van der Waals surface area contributed by atoms with Crippen molar-refractivity contribution in [1.82, 2.24) is 4.98 Å². The topological polar surface area (TPSA) is 65.6 Å². The molecule has 2 rings (SSSR count). The fourth-order valence-corrected chi connectivity index (χ4v) is 1.63. The number of H-pyrrole nitrogens is 1. The highest BCUT2D eigenvalue weighted by Crippen LogP contribution is 2.20. The first-order valence-electron chi connectivity index (χ1n) is 4.70. The lowest BCUT2D eigenvalue weighted by Gasteiger charge is -1.94. The predicted molar refractivity (Wildman–Crippen MR) is 68.7 cm³/mol. The highest BCUT2D eigenvalue weighted by molar-refractivity contribution is 7.80. The number of para-hydroxylation sites is 1. The molecule has 16 heavy (non-hydrogen) atoms. The lowest BCUT2D eigenvalue weighted by molar-refractivity contribution is 1.47. The van der Waals surface area contributed by atoms with E-state index in [-0.39, 0.29) is 4.99 Å². The van der Waals surface area contributed by atoms with Crippen LogP contribution >= 0.6 is 12.2 Å². The van der Waals surface area contributed by atoms with E-state index in [1.807, 2.05) is 36.5 Å². The van der Waals surface area contributed by atoms with Crippen LogP contribution in [0.2, 0.25) is 0 Å². The molecule has 3 N–H and O–H groups in total. The smallest absolute Gasteiger partial charge is 0.114 e. The normalized spacial score (nSPS) is 11.3. The zero-order chi connectivity index (χ0) is 11.5. The number of hydrogen-bond donors (Lipinski definition) is 2. The largest absolute Gasteiger partial charge is 0.389 e. The van der Waals surface area contributed by atoms with E-state index in [9.17, 15) is 0 Å². The Morgan fingerprint density at radius 3 is 2.88 bits per heavy atom. The Labute approximate surface area is 98.2 Å². The summed E-state index contributed by atoms with van der Waals surface area (Å²) in [6.45, 7) is 0. The van der Waals surface area contributed by atoms with Crippen LogP contribution in [0.25, 0.3) is 17.0 Å². The Balaban J connectivity index is 2.57. The number of nitrogens with two attached hydrogens (primary N) is 1. The second-order valence-electron chi connectivity index (χ2n) is 3.32. The third-order valence-electron chi connectivity index (χ3n) is 2.31. The van der Waals surface area contributed by atoms with Crippen LogP contribution in [0, 0.1) is 11.3 Å². The molecule has 78 valence electrons. The van der Waals surface area contributed by atoms with Crippen LogP contribution in [0.1, 0.15) is 5.56 Å². The minimum absolute atomic E-state index is 0.118. The van der Waals surface area contributed by atoms with Crippen LogP contribution in [0.5, 0.6) is 0 Å². The molecule has 0 unspecified atom stereocenters. The highest BCUT2D eigenvalue weighted by atomic mass is 32.1. The number of nitrogens with one attached hydrogen (secondary N) is 1. The number of hydrogen-bond acceptors (Lipinski definition) is 2. The molecule has 1 aromatic carbocycles. The van der Waals surface area contributed by atoms with Crippen molar-refractivity contribution in [2.45, 2.75) is 0 Å². The predicted octanol–water partition coefficient (Wildman–Crippen LogP) is 2.36. The van der Waals surface area contributed by atoms with Gasteiger partial charge < -0.3 is 10.7 Å². The molecule has 0 bridgehead atoms. The van der Waals surface area contributed by atoms with Crippen molar-refractivity contribution < 1.29 is 0 Å². The number of aromatic amines is 1. The molecule has 0 aliphatic heterocycles. The summed E-state index contributed by atoms with van der Waals surface area (Å²) in [6.07, 6.45) is 3.53. The Bertz CT molecular complexity index is 616. The maximum atomic E-state index is 8.87. The van der Waals surface area contributed by atoms with E-state index in [0.717, 1.165) is 16.5 Å². The molecule has 1 aromatic heterocycles. The quantitative estimate of drug-likeness (QED) is 0.470. The molecule has 0 aliphatic carbocycles. The molecular weight excluding hydrogens is 218 g/mol. The molecule has 0 amide bonds. The Kier molecular flexibility index (Phi) is 2.71. The first kappa shape index (κ1) is 10.4. The van der Waals surface area contributed by atoms with Gasteiger partial charge in [0.1, 0.15) is 11.1 Å². The minimum Gasteiger partial charge on any atom is -0.389 e. The van der Waals surface area contributed by atoms with Crippen molar-refractivity contribution in [3.8, 4) is 6.07 Å². The van der Waals surface area contributed by atoms with Crippen molar-refractivity contribution in [1.29, 1.82) is 5.26 Å². The van der Waals surface area contributed by atoms with E-state index < -0.39 is 0 Å². The molecule has 3 nitrogen and oxygen atoms in total. The molecule has 4 heteroatoms. The zero-order valence-corrected chi connectivity index (χ0v) is 9.21. The monoisotopic (exact) mass is 227 g/mol. The van der Waals surface area contributed by atoms with Crippen LogP contribution in [-0.2, 0) is 0 Å². The van der Waals surface area contributed by atoms with Crippen molar-refractivity contribution >= 4 is 34.2 Å². The average molecular weight is 227 g/mol. The first-order valence-corrected chi connectivity index (χ1v) is 5.11. The van der Waals surface area contributed by atoms with Gasteiger partial charge >= 0.3 is 0 Å². The molecule has 0 aliphatic rings. The average Bonchev–Trinajstić information content (AvgIpc) is 2.69. The van der Waals surface area contributed by atoms with Gasteiger partial charge in [-0.3, -0.25) is 0 Å². The standard InChI is InChI=1S/C12H9N3S/c13-6-8(12(14)16)5-9-7-15-11-4-2-1-3-10(9)11/h1-5,7,15H,(H2,14,16)/b8-5+. The third-order valence-corrected chi connectivity index (χ3v) is 2.53. The summed E-state index contributed by atoms with van der Waals surface area (Å²) in [5.74, 6) is 0.